The van der Waals surface area contributed by atoms with Crippen LogP contribution in [0.1, 0.15) is 36.9 Å². The summed E-state index contributed by atoms with van der Waals surface area (Å²) in [6.07, 6.45) is 2.11. The number of benzene rings is 1. The number of piperazine rings is 1. The molecule has 19 heavy (non-hydrogen) atoms. The molecule has 0 aromatic heterocycles. The van der Waals surface area contributed by atoms with E-state index in [4.69, 9.17) is 0 Å². The van der Waals surface area contributed by atoms with Crippen molar-refractivity contribution in [1.29, 1.82) is 0 Å². The normalized spacial score (nSPS) is 17.8. The lowest BCUT2D eigenvalue weighted by Crippen LogP contribution is -2.45. The lowest BCUT2D eigenvalue weighted by Gasteiger charge is -2.35. The Kier molecular flexibility index (Phi) is 6.76. The van der Waals surface area contributed by atoms with Crippen LogP contribution in [-0.4, -0.2) is 31.1 Å². The van der Waals surface area contributed by atoms with E-state index in [1.165, 1.54) is 0 Å². The Morgan fingerprint density at radius 3 is 2.63 bits per heavy atom. The Balaban J connectivity index is 0.00000180. The second-order valence-corrected chi connectivity index (χ2v) is 5.12. The summed E-state index contributed by atoms with van der Waals surface area (Å²) in [6.45, 7) is 8.24. The van der Waals surface area contributed by atoms with E-state index in [2.05, 4.69) is 17.1 Å². The highest BCUT2D eigenvalue weighted by atomic mass is 35.5. The van der Waals surface area contributed by atoms with Crippen LogP contribution in [0.4, 0.5) is 4.39 Å². The van der Waals surface area contributed by atoms with Gasteiger partial charge in [-0.05, 0) is 19.4 Å². The van der Waals surface area contributed by atoms with Crippen molar-refractivity contribution in [2.45, 2.75) is 32.7 Å². The third-order valence-corrected chi connectivity index (χ3v) is 3.66. The fourth-order valence-corrected chi connectivity index (χ4v) is 2.72. The smallest absolute Gasteiger partial charge is 0.128 e. The predicted molar refractivity (Wildman–Crippen MR) is 80.5 cm³/mol. The SMILES string of the molecule is CCC[C@@H](c1cc(C)ccc1F)N1CCNCC1.Cl. The maximum Gasteiger partial charge on any atom is 0.128 e. The Labute approximate surface area is 121 Å². The molecule has 0 aliphatic carbocycles. The van der Waals surface area contributed by atoms with Crippen LogP contribution in [0, 0.1) is 12.7 Å². The van der Waals surface area contributed by atoms with Gasteiger partial charge in [0.2, 0.25) is 0 Å². The third kappa shape index (κ3) is 4.16. The van der Waals surface area contributed by atoms with E-state index < -0.39 is 0 Å². The van der Waals surface area contributed by atoms with Crippen molar-refractivity contribution in [2.24, 2.45) is 0 Å². The van der Waals surface area contributed by atoms with Crippen LogP contribution in [-0.2, 0) is 0 Å². The molecule has 1 heterocycles. The second-order valence-electron chi connectivity index (χ2n) is 5.12. The van der Waals surface area contributed by atoms with Gasteiger partial charge in [0.15, 0.2) is 0 Å². The highest BCUT2D eigenvalue weighted by molar-refractivity contribution is 5.85. The van der Waals surface area contributed by atoms with E-state index in [0.717, 1.165) is 50.1 Å². The van der Waals surface area contributed by atoms with Crippen molar-refractivity contribution in [3.05, 3.63) is 35.1 Å². The number of nitrogens with one attached hydrogen (secondary N) is 1. The molecule has 4 heteroatoms. The van der Waals surface area contributed by atoms with Crippen molar-refractivity contribution in [3.8, 4) is 0 Å². The van der Waals surface area contributed by atoms with Gasteiger partial charge in [0.05, 0.1) is 0 Å². The van der Waals surface area contributed by atoms with E-state index in [9.17, 15) is 4.39 Å². The summed E-state index contributed by atoms with van der Waals surface area (Å²) in [5, 5.41) is 3.35. The molecule has 1 aliphatic rings. The minimum Gasteiger partial charge on any atom is -0.314 e. The molecule has 1 aliphatic heterocycles. The van der Waals surface area contributed by atoms with Gasteiger partial charge in [-0.25, -0.2) is 4.39 Å². The Morgan fingerprint density at radius 2 is 2.00 bits per heavy atom. The number of hydrogen-bond donors (Lipinski definition) is 1. The Bertz CT molecular complexity index is 392. The number of aryl methyl sites for hydroxylation is 1. The molecule has 0 amide bonds. The molecule has 1 atom stereocenters. The molecule has 1 N–H and O–H groups in total. The molecule has 0 unspecified atom stereocenters. The van der Waals surface area contributed by atoms with Gasteiger partial charge >= 0.3 is 0 Å². The lowest BCUT2D eigenvalue weighted by molar-refractivity contribution is 0.161. The number of hydrogen-bond acceptors (Lipinski definition) is 2. The summed E-state index contributed by atoms with van der Waals surface area (Å²) < 4.78 is 14.1. The highest BCUT2D eigenvalue weighted by Gasteiger charge is 2.23. The first kappa shape index (κ1) is 16.4. The van der Waals surface area contributed by atoms with E-state index in [1.54, 1.807) is 6.07 Å². The molecule has 0 saturated carbocycles. The summed E-state index contributed by atoms with van der Waals surface area (Å²) in [5.74, 6) is -0.0578. The van der Waals surface area contributed by atoms with E-state index in [0.29, 0.717) is 0 Å². The molecule has 1 aromatic carbocycles. The zero-order valence-corrected chi connectivity index (χ0v) is 12.6. The van der Waals surface area contributed by atoms with Gasteiger partial charge in [-0.2, -0.15) is 0 Å². The van der Waals surface area contributed by atoms with Crippen molar-refractivity contribution in [3.63, 3.8) is 0 Å². The minimum absolute atomic E-state index is 0. The molecule has 1 aromatic rings. The molecule has 0 spiro atoms. The third-order valence-electron chi connectivity index (χ3n) is 3.66. The summed E-state index contributed by atoms with van der Waals surface area (Å²) in [6, 6.07) is 5.70. The van der Waals surface area contributed by atoms with E-state index >= 15 is 0 Å². The van der Waals surface area contributed by atoms with Crippen LogP contribution < -0.4 is 5.32 Å². The maximum atomic E-state index is 14.1. The quantitative estimate of drug-likeness (QED) is 0.914. The number of rotatable bonds is 4. The lowest BCUT2D eigenvalue weighted by atomic mass is 9.97. The maximum absolute atomic E-state index is 14.1. The first-order chi connectivity index (χ1) is 8.72. The van der Waals surface area contributed by atoms with Gasteiger partial charge in [-0.15, -0.1) is 12.4 Å². The average Bonchev–Trinajstić information content (AvgIpc) is 2.40. The zero-order chi connectivity index (χ0) is 13.0. The van der Waals surface area contributed by atoms with Crippen molar-refractivity contribution in [2.75, 3.05) is 26.2 Å². The standard InChI is InChI=1S/C15H23FN2.ClH/c1-3-4-15(18-9-7-17-8-10-18)13-11-12(2)5-6-14(13)16;/h5-6,11,15,17H,3-4,7-10H2,1-2H3;1H/t15-;/m0./s1. The summed E-state index contributed by atoms with van der Waals surface area (Å²) >= 11 is 0. The summed E-state index contributed by atoms with van der Waals surface area (Å²) in [7, 11) is 0. The first-order valence-corrected chi connectivity index (χ1v) is 6.93. The fourth-order valence-electron chi connectivity index (χ4n) is 2.72. The molecule has 1 saturated heterocycles. The van der Waals surface area contributed by atoms with E-state index in [1.807, 2.05) is 19.1 Å². The molecule has 2 nitrogen and oxygen atoms in total. The molecule has 2 rings (SSSR count). The van der Waals surface area contributed by atoms with Crippen LogP contribution in [0.2, 0.25) is 0 Å². The first-order valence-electron chi connectivity index (χ1n) is 6.93. The Morgan fingerprint density at radius 1 is 1.32 bits per heavy atom. The van der Waals surface area contributed by atoms with Crippen LogP contribution in [0.3, 0.4) is 0 Å². The van der Waals surface area contributed by atoms with Crippen molar-refractivity contribution in [1.82, 2.24) is 10.2 Å². The molecular formula is C15H24ClFN2. The molecule has 0 radical (unpaired) electrons. The largest absolute Gasteiger partial charge is 0.314 e. The second kappa shape index (κ2) is 7.83. The van der Waals surface area contributed by atoms with Crippen LogP contribution in [0.25, 0.3) is 0 Å². The van der Waals surface area contributed by atoms with Gasteiger partial charge in [0.1, 0.15) is 5.82 Å². The topological polar surface area (TPSA) is 15.3 Å². The van der Waals surface area contributed by atoms with Crippen LogP contribution >= 0.6 is 12.4 Å². The minimum atomic E-state index is -0.0578. The monoisotopic (exact) mass is 286 g/mol. The van der Waals surface area contributed by atoms with Gasteiger partial charge in [0.25, 0.3) is 0 Å². The van der Waals surface area contributed by atoms with Gasteiger partial charge in [-0.3, -0.25) is 4.90 Å². The molecule has 108 valence electrons. The van der Waals surface area contributed by atoms with Gasteiger partial charge in [-0.1, -0.05) is 31.0 Å². The highest BCUT2D eigenvalue weighted by Crippen LogP contribution is 2.28. The molecule has 1 fully saturated rings. The summed E-state index contributed by atoms with van der Waals surface area (Å²) in [4.78, 5) is 2.41. The number of halogens is 2. The zero-order valence-electron chi connectivity index (χ0n) is 11.8. The van der Waals surface area contributed by atoms with Crippen molar-refractivity contribution >= 4 is 12.4 Å². The van der Waals surface area contributed by atoms with Crippen LogP contribution in [0.15, 0.2) is 18.2 Å². The van der Waals surface area contributed by atoms with Crippen LogP contribution in [0.5, 0.6) is 0 Å². The number of nitrogens with zero attached hydrogens (tertiary/aromatic N) is 1. The van der Waals surface area contributed by atoms with Gasteiger partial charge < -0.3 is 5.32 Å². The summed E-state index contributed by atoms with van der Waals surface area (Å²) in [5.41, 5.74) is 2.02. The van der Waals surface area contributed by atoms with Gasteiger partial charge in [0, 0.05) is 37.8 Å². The average molecular weight is 287 g/mol. The van der Waals surface area contributed by atoms with Crippen molar-refractivity contribution < 1.29 is 4.39 Å². The molecular weight excluding hydrogens is 263 g/mol. The fraction of sp³-hybridized carbons (Fsp3) is 0.600. The van der Waals surface area contributed by atoms with E-state index in [-0.39, 0.29) is 24.3 Å². The Hall–Kier alpha value is -0.640. The molecule has 0 bridgehead atoms. The predicted octanol–water partition coefficient (Wildman–Crippen LogP) is 3.30.